The normalized spacial score (nSPS) is 12.4. The van der Waals surface area contributed by atoms with Crippen LogP contribution in [-0.4, -0.2) is 23.0 Å². The molecule has 0 spiro atoms. The summed E-state index contributed by atoms with van der Waals surface area (Å²) in [6.45, 7) is 5.64. The van der Waals surface area contributed by atoms with Crippen LogP contribution in [0.25, 0.3) is 0 Å². The molecular formula is C17H20IN3O3. The number of anilines is 1. The number of carboxylic acids is 1. The molecule has 128 valence electrons. The molecule has 1 aromatic carbocycles. The van der Waals surface area contributed by atoms with Gasteiger partial charge in [-0.05, 0) is 65.6 Å². The molecule has 6 nitrogen and oxygen atoms in total. The number of rotatable bonds is 7. The number of aliphatic carboxylic acids is 1. The van der Waals surface area contributed by atoms with Crippen molar-refractivity contribution in [3.63, 3.8) is 0 Å². The third-order valence-electron chi connectivity index (χ3n) is 3.24. The van der Waals surface area contributed by atoms with Gasteiger partial charge in [0.05, 0.1) is 0 Å². The monoisotopic (exact) mass is 441 g/mol. The van der Waals surface area contributed by atoms with Gasteiger partial charge >= 0.3 is 5.97 Å². The Hall–Kier alpha value is -2.08. The Morgan fingerprint density at radius 3 is 2.58 bits per heavy atom. The number of aryl methyl sites for hydroxylation is 1. The second-order valence-electron chi connectivity index (χ2n) is 5.77. The number of hydrogen-bond donors (Lipinski definition) is 3. The molecule has 0 aliphatic rings. The summed E-state index contributed by atoms with van der Waals surface area (Å²) in [5, 5.41) is 23.6. The van der Waals surface area contributed by atoms with E-state index in [1.807, 2.05) is 39.0 Å². The molecule has 0 heterocycles. The average Bonchev–Trinajstić information content (AvgIpc) is 2.48. The van der Waals surface area contributed by atoms with E-state index in [9.17, 15) is 9.59 Å². The van der Waals surface area contributed by atoms with Crippen molar-refractivity contribution < 1.29 is 14.7 Å². The number of benzene rings is 1. The quantitative estimate of drug-likeness (QED) is 0.343. The van der Waals surface area contributed by atoms with Gasteiger partial charge in [0.2, 0.25) is 0 Å². The smallest absolute Gasteiger partial charge is 0.326 e. The molecule has 0 aromatic heterocycles. The number of carbonyl (C=O) groups excluding carboxylic acids is 1. The van der Waals surface area contributed by atoms with Crippen LogP contribution in [0.5, 0.6) is 0 Å². The molecule has 1 unspecified atom stereocenters. The molecule has 0 saturated heterocycles. The maximum atomic E-state index is 12.1. The highest BCUT2D eigenvalue weighted by molar-refractivity contribution is 14.1. The van der Waals surface area contributed by atoms with E-state index in [4.69, 9.17) is 10.4 Å². The lowest BCUT2D eigenvalue weighted by Gasteiger charge is -2.16. The maximum absolute atomic E-state index is 12.1. The van der Waals surface area contributed by atoms with Gasteiger partial charge in [-0.1, -0.05) is 13.8 Å². The molecule has 1 aromatic rings. The minimum absolute atomic E-state index is 0.105. The second kappa shape index (κ2) is 9.27. The lowest BCUT2D eigenvalue weighted by Crippen LogP contribution is -2.42. The molecule has 1 rings (SSSR count). The first-order valence-electron chi connectivity index (χ1n) is 7.41. The van der Waals surface area contributed by atoms with E-state index in [-0.39, 0.29) is 11.5 Å². The minimum atomic E-state index is -1.12. The summed E-state index contributed by atoms with van der Waals surface area (Å²) in [4.78, 5) is 23.3. The van der Waals surface area contributed by atoms with Gasteiger partial charge < -0.3 is 15.7 Å². The number of hydrogen-bond acceptors (Lipinski definition) is 4. The van der Waals surface area contributed by atoms with Crippen LogP contribution in [0, 0.1) is 27.7 Å². The second-order valence-corrected chi connectivity index (χ2v) is 7.01. The summed E-state index contributed by atoms with van der Waals surface area (Å²) < 4.78 is 1.08. The zero-order chi connectivity index (χ0) is 18.3. The van der Waals surface area contributed by atoms with Gasteiger partial charge in [0.25, 0.3) is 5.91 Å². The summed E-state index contributed by atoms with van der Waals surface area (Å²) in [6, 6.07) is 6.49. The lowest BCUT2D eigenvalue weighted by atomic mass is 10.0. The molecule has 0 saturated carbocycles. The lowest BCUT2D eigenvalue weighted by molar-refractivity contribution is -0.141. The number of nitriles is 1. The molecule has 0 aliphatic carbocycles. The number of carbonyl (C=O) groups is 2. The van der Waals surface area contributed by atoms with Gasteiger partial charge in [0, 0.05) is 15.5 Å². The highest BCUT2D eigenvalue weighted by Crippen LogP contribution is 2.18. The van der Waals surface area contributed by atoms with Crippen molar-refractivity contribution in [2.45, 2.75) is 33.2 Å². The average molecular weight is 441 g/mol. The van der Waals surface area contributed by atoms with Gasteiger partial charge in [-0.2, -0.15) is 5.26 Å². The molecule has 0 aliphatic heterocycles. The van der Waals surface area contributed by atoms with Crippen molar-refractivity contribution in [2.24, 2.45) is 5.92 Å². The Balaban J connectivity index is 2.85. The first-order chi connectivity index (χ1) is 11.2. The largest absolute Gasteiger partial charge is 0.480 e. The van der Waals surface area contributed by atoms with Crippen molar-refractivity contribution >= 4 is 40.2 Å². The minimum Gasteiger partial charge on any atom is -0.480 e. The molecule has 0 radical (unpaired) electrons. The molecule has 1 amide bonds. The molecule has 0 bridgehead atoms. The molecule has 1 atom stereocenters. The van der Waals surface area contributed by atoms with Crippen LogP contribution in [0.4, 0.5) is 5.69 Å². The van der Waals surface area contributed by atoms with E-state index in [0.717, 1.165) is 14.8 Å². The number of carboxylic acid groups (broad SMARTS) is 1. The number of nitrogens with zero attached hydrogens (tertiary/aromatic N) is 1. The highest BCUT2D eigenvalue weighted by Gasteiger charge is 2.22. The van der Waals surface area contributed by atoms with Crippen LogP contribution in [0.1, 0.15) is 25.8 Å². The number of nitrogens with one attached hydrogen (secondary N) is 2. The summed E-state index contributed by atoms with van der Waals surface area (Å²) in [7, 11) is 0. The molecular weight excluding hydrogens is 421 g/mol. The van der Waals surface area contributed by atoms with Crippen LogP contribution in [0.15, 0.2) is 30.0 Å². The zero-order valence-electron chi connectivity index (χ0n) is 13.8. The first-order valence-corrected chi connectivity index (χ1v) is 8.49. The van der Waals surface area contributed by atoms with Crippen molar-refractivity contribution in [1.82, 2.24) is 5.32 Å². The van der Waals surface area contributed by atoms with Crippen molar-refractivity contribution in [3.05, 3.63) is 39.1 Å². The van der Waals surface area contributed by atoms with Gasteiger partial charge in [-0.15, -0.1) is 0 Å². The summed E-state index contributed by atoms with van der Waals surface area (Å²) in [6.07, 6.45) is 1.59. The third kappa shape index (κ3) is 6.20. The number of halogens is 1. The van der Waals surface area contributed by atoms with E-state index in [1.54, 1.807) is 6.07 Å². The maximum Gasteiger partial charge on any atom is 0.326 e. The van der Waals surface area contributed by atoms with E-state index in [2.05, 4.69) is 33.2 Å². The van der Waals surface area contributed by atoms with E-state index in [0.29, 0.717) is 6.42 Å². The fraction of sp³-hybridized carbons (Fsp3) is 0.353. The molecule has 7 heteroatoms. The fourth-order valence-corrected chi connectivity index (χ4v) is 2.66. The Morgan fingerprint density at radius 2 is 2.08 bits per heavy atom. The van der Waals surface area contributed by atoms with Gasteiger partial charge in [-0.25, -0.2) is 4.79 Å². The molecule has 24 heavy (non-hydrogen) atoms. The predicted molar refractivity (Wildman–Crippen MR) is 100 cm³/mol. The third-order valence-corrected chi connectivity index (χ3v) is 3.91. The molecule has 3 N–H and O–H groups in total. The van der Waals surface area contributed by atoms with E-state index in [1.165, 1.54) is 6.20 Å². The number of amides is 1. The predicted octanol–water partition coefficient (Wildman–Crippen LogP) is 3.03. The zero-order valence-corrected chi connectivity index (χ0v) is 15.9. The van der Waals surface area contributed by atoms with Crippen LogP contribution in [0.2, 0.25) is 0 Å². The fourth-order valence-electron chi connectivity index (χ4n) is 2.02. The highest BCUT2D eigenvalue weighted by atomic mass is 127. The SMILES string of the molecule is Cc1cc(I)ccc1N/C=C(/C#N)C(=O)NC(CC(C)C)C(=O)O. The van der Waals surface area contributed by atoms with Crippen molar-refractivity contribution in [3.8, 4) is 6.07 Å². The van der Waals surface area contributed by atoms with Crippen LogP contribution >= 0.6 is 22.6 Å². The Labute approximate surface area is 155 Å². The Bertz CT molecular complexity index is 693. The summed E-state index contributed by atoms with van der Waals surface area (Å²) >= 11 is 2.20. The van der Waals surface area contributed by atoms with E-state index >= 15 is 0 Å². The van der Waals surface area contributed by atoms with Gasteiger partial charge in [0.15, 0.2) is 0 Å². The van der Waals surface area contributed by atoms with Crippen molar-refractivity contribution in [2.75, 3.05) is 5.32 Å². The van der Waals surface area contributed by atoms with Crippen LogP contribution < -0.4 is 10.6 Å². The molecule has 0 fully saturated rings. The Kier molecular flexibility index (Phi) is 7.71. The Morgan fingerprint density at radius 1 is 1.42 bits per heavy atom. The van der Waals surface area contributed by atoms with Gasteiger partial charge in [0.1, 0.15) is 17.7 Å². The first kappa shape index (κ1) is 20.0. The summed E-state index contributed by atoms with van der Waals surface area (Å²) in [5.41, 5.74) is 1.56. The standard InChI is InChI=1S/C17H20IN3O3/c1-10(2)6-15(17(23)24)21-16(22)12(8-19)9-20-14-5-4-13(18)7-11(14)3/h4-5,7,9-10,15,20H,6H2,1-3H3,(H,21,22)(H,23,24)/b12-9-. The summed E-state index contributed by atoms with van der Waals surface area (Å²) in [5.74, 6) is -1.72. The topological polar surface area (TPSA) is 102 Å². The van der Waals surface area contributed by atoms with E-state index < -0.39 is 17.9 Å². The van der Waals surface area contributed by atoms with Crippen LogP contribution in [0.3, 0.4) is 0 Å². The van der Waals surface area contributed by atoms with Crippen molar-refractivity contribution in [1.29, 1.82) is 5.26 Å². The van der Waals surface area contributed by atoms with Gasteiger partial charge in [-0.3, -0.25) is 4.79 Å². The van der Waals surface area contributed by atoms with Crippen LogP contribution in [-0.2, 0) is 9.59 Å².